The Morgan fingerprint density at radius 1 is 0.516 bits per heavy atom. The van der Waals surface area contributed by atoms with Gasteiger partial charge in [-0.2, -0.15) is 0 Å². The van der Waals surface area contributed by atoms with Crippen molar-refractivity contribution in [2.75, 3.05) is 58.9 Å². The summed E-state index contributed by atoms with van der Waals surface area (Å²) >= 11 is 0. The number of benzene rings is 3. The van der Waals surface area contributed by atoms with Crippen LogP contribution in [0.1, 0.15) is 52.6 Å². The lowest BCUT2D eigenvalue weighted by molar-refractivity contribution is -0.144. The first-order valence-electron chi connectivity index (χ1n) is 23.2. The summed E-state index contributed by atoms with van der Waals surface area (Å²) in [6.45, 7) is 6.93. The van der Waals surface area contributed by atoms with E-state index in [2.05, 4.69) is 39.0 Å². The zero-order valence-electron chi connectivity index (χ0n) is 36.4. The van der Waals surface area contributed by atoms with Crippen LogP contribution in [0.4, 0.5) is 0 Å². The molecule has 64 heavy (non-hydrogen) atoms. The molecule has 13 heteroatoms. The molecule has 9 rings (SSSR count). The number of rotatable bonds is 21. The molecule has 13 nitrogen and oxygen atoms in total. The van der Waals surface area contributed by atoms with E-state index in [-0.39, 0.29) is 17.8 Å². The van der Waals surface area contributed by atoms with Crippen LogP contribution in [0.15, 0.2) is 86.6 Å². The molecule has 0 unspecified atom stereocenters. The summed E-state index contributed by atoms with van der Waals surface area (Å²) in [5, 5.41) is 43.4. The Morgan fingerprint density at radius 2 is 0.828 bits per heavy atom. The first-order valence-corrected chi connectivity index (χ1v) is 23.2. The molecule has 338 valence electrons. The Bertz CT molecular complexity index is 2290. The molecule has 3 aliphatic heterocycles. The first-order chi connectivity index (χ1) is 31.2. The van der Waals surface area contributed by atoms with Crippen LogP contribution in [0.3, 0.4) is 0 Å². The van der Waals surface area contributed by atoms with Gasteiger partial charge in [0.05, 0.1) is 36.5 Å². The van der Waals surface area contributed by atoms with Gasteiger partial charge in [-0.1, -0.05) is 18.2 Å². The summed E-state index contributed by atoms with van der Waals surface area (Å²) in [6, 6.07) is 18.2. The average molecular weight is 873 g/mol. The molecule has 0 bridgehead atoms. The molecule has 0 radical (unpaired) electrons. The third-order valence-electron chi connectivity index (χ3n) is 14.6. The molecule has 3 fully saturated rings. The number of carboxylic acids is 3. The summed E-state index contributed by atoms with van der Waals surface area (Å²) in [5.41, 5.74) is 8.55. The fourth-order valence-electron chi connectivity index (χ4n) is 10.7. The largest absolute Gasteiger partial charge is 0.481 e. The third-order valence-corrected chi connectivity index (χ3v) is 14.6. The lowest BCUT2D eigenvalue weighted by Crippen LogP contribution is -2.30. The van der Waals surface area contributed by atoms with E-state index in [1.165, 1.54) is 0 Å². The maximum Gasteiger partial charge on any atom is 0.307 e. The third kappa shape index (κ3) is 9.92. The number of hydrogen-bond acceptors (Lipinski definition) is 10. The lowest BCUT2D eigenvalue weighted by atomic mass is 9.86. The van der Waals surface area contributed by atoms with E-state index in [1.54, 1.807) is 0 Å². The van der Waals surface area contributed by atoms with Crippen molar-refractivity contribution in [3.8, 4) is 0 Å². The van der Waals surface area contributed by atoms with Gasteiger partial charge in [0.25, 0.3) is 0 Å². The SMILES string of the molecule is O=C(O)[C@@H](Cc1ccc2occ(CCN(CCc3coc4ccc(C[C@H](C(=O)O)[C@H]5CCNC5)cc34)CCc3coc4ccc(C[C@H](C(=O)O)[C@H]5CCNC5)cc34)c2c1)[C@H]1CCNC1. The zero-order valence-corrected chi connectivity index (χ0v) is 36.4. The topological polar surface area (TPSA) is 191 Å². The highest BCUT2D eigenvalue weighted by Crippen LogP contribution is 2.32. The molecule has 6 heterocycles. The van der Waals surface area contributed by atoms with Crippen molar-refractivity contribution in [3.63, 3.8) is 0 Å². The second kappa shape index (κ2) is 19.7. The number of carbonyl (C=O) groups is 3. The van der Waals surface area contributed by atoms with Crippen molar-refractivity contribution in [2.45, 2.75) is 57.8 Å². The van der Waals surface area contributed by atoms with Crippen LogP contribution in [-0.2, 0) is 52.9 Å². The van der Waals surface area contributed by atoms with Crippen LogP contribution >= 0.6 is 0 Å². The van der Waals surface area contributed by atoms with Gasteiger partial charge in [0, 0.05) is 35.8 Å². The van der Waals surface area contributed by atoms with Crippen LogP contribution in [0, 0.1) is 35.5 Å². The number of aliphatic carboxylic acids is 3. The maximum absolute atomic E-state index is 12.3. The van der Waals surface area contributed by atoms with E-state index >= 15 is 0 Å². The molecular weight excluding hydrogens is 813 g/mol. The summed E-state index contributed by atoms with van der Waals surface area (Å²) < 4.78 is 18.1. The van der Waals surface area contributed by atoms with Gasteiger partial charge in [0.1, 0.15) is 16.7 Å². The van der Waals surface area contributed by atoms with E-state index in [1.807, 2.05) is 55.2 Å². The molecule has 6 atom stereocenters. The second-order valence-electron chi connectivity index (χ2n) is 18.6. The molecule has 0 aliphatic carbocycles. The van der Waals surface area contributed by atoms with Gasteiger partial charge < -0.3 is 49.4 Å². The Hall–Kier alpha value is -5.47. The van der Waals surface area contributed by atoms with Crippen LogP contribution in [0.5, 0.6) is 0 Å². The minimum atomic E-state index is -0.753. The second-order valence-corrected chi connectivity index (χ2v) is 18.6. The Morgan fingerprint density at radius 3 is 1.09 bits per heavy atom. The summed E-state index contributed by atoms with van der Waals surface area (Å²) in [5.74, 6) is -3.28. The molecule has 6 N–H and O–H groups in total. The number of fused-ring (bicyclic) bond motifs is 3. The Balaban J connectivity index is 0.939. The van der Waals surface area contributed by atoms with Gasteiger partial charge in [-0.25, -0.2) is 0 Å². The van der Waals surface area contributed by atoms with Gasteiger partial charge in [0.2, 0.25) is 0 Å². The highest BCUT2D eigenvalue weighted by atomic mass is 16.4. The van der Waals surface area contributed by atoms with E-state index in [0.717, 1.165) is 164 Å². The van der Waals surface area contributed by atoms with Crippen LogP contribution < -0.4 is 16.0 Å². The van der Waals surface area contributed by atoms with Gasteiger partial charge in [-0.3, -0.25) is 14.4 Å². The first kappa shape index (κ1) is 43.8. The van der Waals surface area contributed by atoms with Crippen LogP contribution in [-0.4, -0.2) is 97.0 Å². The molecule has 3 saturated heterocycles. The summed E-state index contributed by atoms with van der Waals surface area (Å²) in [7, 11) is 0. The van der Waals surface area contributed by atoms with Gasteiger partial charge in [0.15, 0.2) is 0 Å². The molecule has 0 saturated carbocycles. The fourth-order valence-corrected chi connectivity index (χ4v) is 10.7. The van der Waals surface area contributed by atoms with E-state index in [4.69, 9.17) is 13.3 Å². The fraction of sp³-hybridized carbons (Fsp3) is 0.471. The summed E-state index contributed by atoms with van der Waals surface area (Å²) in [6.07, 6.45) is 11.7. The van der Waals surface area contributed by atoms with Crippen molar-refractivity contribution < 1.29 is 43.0 Å². The van der Waals surface area contributed by atoms with Gasteiger partial charge in [-0.05, 0) is 185 Å². The quantitative estimate of drug-likeness (QED) is 0.0443. The highest BCUT2D eigenvalue weighted by Gasteiger charge is 2.33. The molecule has 3 aromatic heterocycles. The average Bonchev–Trinajstić information content (AvgIpc) is 4.16. The van der Waals surface area contributed by atoms with Crippen LogP contribution in [0.2, 0.25) is 0 Å². The molecule has 3 aromatic carbocycles. The number of carboxylic acid groups (broad SMARTS) is 3. The minimum Gasteiger partial charge on any atom is -0.481 e. The lowest BCUT2D eigenvalue weighted by Gasteiger charge is -2.22. The van der Waals surface area contributed by atoms with Crippen molar-refractivity contribution in [2.24, 2.45) is 35.5 Å². The van der Waals surface area contributed by atoms with Crippen LogP contribution in [0.25, 0.3) is 32.9 Å². The number of nitrogens with zero attached hydrogens (tertiary/aromatic N) is 1. The summed E-state index contributed by atoms with van der Waals surface area (Å²) in [4.78, 5) is 39.5. The standard InChI is InChI=1S/C51H60N4O9/c56-49(57)43(34-7-13-52-25-34)22-31-1-4-46-40(19-31)37(28-62-46)10-16-55(17-11-38-29-63-47-5-2-32(20-41(38)47)23-44(50(58)59)35-8-14-53-26-35)18-12-39-30-64-48-6-3-33(21-42(39)48)24-45(51(60)61)36-9-15-54-27-36/h1-6,19-21,28-30,34-36,43-45,52-54H,7-18,22-27H2,(H,56,57)(H,58,59)(H,60,61)/t34-,35-,36-,43-,44-,45-/m0/s1. The van der Waals surface area contributed by atoms with Crippen molar-refractivity contribution in [3.05, 3.63) is 107 Å². The zero-order chi connectivity index (χ0) is 44.2. The number of nitrogens with one attached hydrogen (secondary N) is 3. The van der Waals surface area contributed by atoms with Crippen molar-refractivity contribution in [1.82, 2.24) is 20.9 Å². The predicted octanol–water partition coefficient (Wildman–Crippen LogP) is 6.81. The molecule has 0 spiro atoms. The van der Waals surface area contributed by atoms with Crippen molar-refractivity contribution in [1.29, 1.82) is 0 Å². The maximum atomic E-state index is 12.3. The Kier molecular flexibility index (Phi) is 13.5. The number of hydrogen-bond donors (Lipinski definition) is 6. The smallest absolute Gasteiger partial charge is 0.307 e. The minimum absolute atomic E-state index is 0.107. The predicted molar refractivity (Wildman–Crippen MR) is 244 cm³/mol. The monoisotopic (exact) mass is 872 g/mol. The number of furan rings is 3. The van der Waals surface area contributed by atoms with Gasteiger partial charge >= 0.3 is 17.9 Å². The van der Waals surface area contributed by atoms with E-state index in [0.29, 0.717) is 19.3 Å². The normalized spacial score (nSPS) is 20.5. The van der Waals surface area contributed by atoms with Crippen molar-refractivity contribution >= 4 is 50.8 Å². The Labute approximate surface area is 372 Å². The van der Waals surface area contributed by atoms with E-state index in [9.17, 15) is 29.7 Å². The highest BCUT2D eigenvalue weighted by molar-refractivity contribution is 5.84. The molecule has 6 aromatic rings. The molecule has 0 amide bonds. The molecular formula is C51H60N4O9. The molecule has 3 aliphatic rings. The van der Waals surface area contributed by atoms with E-state index < -0.39 is 35.7 Å². The van der Waals surface area contributed by atoms with Gasteiger partial charge in [-0.15, -0.1) is 0 Å².